The highest BCUT2D eigenvalue weighted by Gasteiger charge is 2.27. The van der Waals surface area contributed by atoms with Crippen LogP contribution in [0.15, 0.2) is 72.4 Å². The first kappa shape index (κ1) is 19.5. The highest BCUT2D eigenvalue weighted by Crippen LogP contribution is 2.29. The summed E-state index contributed by atoms with van der Waals surface area (Å²) in [4.78, 5) is 15.0. The largest absolute Gasteiger partial charge is 0.337 e. The van der Waals surface area contributed by atoms with Crippen molar-refractivity contribution >= 4 is 17.7 Å². The van der Waals surface area contributed by atoms with Gasteiger partial charge in [0.05, 0.1) is 5.25 Å². The minimum atomic E-state index is -0.239. The van der Waals surface area contributed by atoms with Crippen LogP contribution in [0.3, 0.4) is 0 Å². The average Bonchev–Trinajstić information content (AvgIpc) is 3.16. The number of thioether (sulfide) groups is 1. The molecule has 0 fully saturated rings. The highest BCUT2D eigenvalue weighted by atomic mass is 32.2. The van der Waals surface area contributed by atoms with Gasteiger partial charge in [-0.3, -0.25) is 9.36 Å². The Morgan fingerprint density at radius 3 is 2.62 bits per heavy atom. The zero-order valence-corrected chi connectivity index (χ0v) is 17.3. The average molecular weight is 405 g/mol. The molecule has 0 radical (unpaired) electrons. The van der Waals surface area contributed by atoms with E-state index in [-0.39, 0.29) is 11.2 Å². The summed E-state index contributed by atoms with van der Waals surface area (Å²) < 4.78 is 2.02. The topological polar surface area (TPSA) is 51.0 Å². The van der Waals surface area contributed by atoms with Crippen molar-refractivity contribution in [3.8, 4) is 11.4 Å². The van der Waals surface area contributed by atoms with Crippen molar-refractivity contribution in [2.75, 3.05) is 6.54 Å². The van der Waals surface area contributed by atoms with Crippen LogP contribution in [-0.2, 0) is 24.3 Å². The lowest BCUT2D eigenvalue weighted by atomic mass is 10.00. The molecule has 4 rings (SSSR count). The van der Waals surface area contributed by atoms with Crippen LogP contribution >= 0.6 is 11.8 Å². The number of amides is 1. The van der Waals surface area contributed by atoms with E-state index >= 15 is 0 Å². The van der Waals surface area contributed by atoms with Gasteiger partial charge in [0.25, 0.3) is 0 Å². The monoisotopic (exact) mass is 404 g/mol. The second-order valence-electron chi connectivity index (χ2n) is 7.11. The fourth-order valence-electron chi connectivity index (χ4n) is 3.62. The Morgan fingerprint density at radius 1 is 1.14 bits per heavy atom. The minimum absolute atomic E-state index is 0.138. The fourth-order valence-corrected chi connectivity index (χ4v) is 4.56. The van der Waals surface area contributed by atoms with Crippen LogP contribution in [0.5, 0.6) is 0 Å². The molecule has 6 heteroatoms. The summed E-state index contributed by atoms with van der Waals surface area (Å²) in [7, 11) is 0. The Balaban J connectivity index is 1.51. The number of hydrogen-bond donors (Lipinski definition) is 0. The lowest BCUT2D eigenvalue weighted by molar-refractivity contribution is -0.131. The van der Waals surface area contributed by atoms with E-state index in [0.717, 1.165) is 29.5 Å². The van der Waals surface area contributed by atoms with E-state index in [1.165, 1.54) is 22.9 Å². The molecule has 1 aliphatic heterocycles. The summed E-state index contributed by atoms with van der Waals surface area (Å²) in [6.45, 7) is 7.84. The van der Waals surface area contributed by atoms with Crippen LogP contribution in [-0.4, -0.2) is 37.4 Å². The first-order valence-corrected chi connectivity index (χ1v) is 10.7. The van der Waals surface area contributed by atoms with Crippen molar-refractivity contribution in [1.29, 1.82) is 0 Å². The molecule has 0 aliphatic carbocycles. The molecule has 148 valence electrons. The van der Waals surface area contributed by atoms with E-state index in [9.17, 15) is 4.79 Å². The molecule has 1 atom stereocenters. The van der Waals surface area contributed by atoms with Crippen molar-refractivity contribution in [2.45, 2.75) is 36.8 Å². The Kier molecular flexibility index (Phi) is 5.81. The molecular weight excluding hydrogens is 380 g/mol. The fraction of sp³-hybridized carbons (Fsp3) is 0.261. The van der Waals surface area contributed by atoms with Crippen molar-refractivity contribution < 1.29 is 4.79 Å². The predicted octanol–water partition coefficient (Wildman–Crippen LogP) is 4.20. The van der Waals surface area contributed by atoms with Gasteiger partial charge in [-0.05, 0) is 24.5 Å². The van der Waals surface area contributed by atoms with Gasteiger partial charge in [0.15, 0.2) is 11.0 Å². The number of rotatable bonds is 6. The van der Waals surface area contributed by atoms with Crippen LogP contribution in [0.1, 0.15) is 18.1 Å². The number of benzene rings is 2. The zero-order chi connectivity index (χ0) is 20.2. The smallest absolute Gasteiger partial charge is 0.236 e. The number of aromatic nitrogens is 3. The van der Waals surface area contributed by atoms with E-state index in [0.29, 0.717) is 13.1 Å². The summed E-state index contributed by atoms with van der Waals surface area (Å²) in [5.41, 5.74) is 3.58. The maximum atomic E-state index is 13.1. The number of fused-ring (bicyclic) bond motifs is 1. The first-order chi connectivity index (χ1) is 14.2. The number of hydrogen-bond acceptors (Lipinski definition) is 4. The molecular formula is C23H24N4OS. The zero-order valence-electron chi connectivity index (χ0n) is 16.5. The SMILES string of the molecule is C=CCn1c(SC(C)C(=O)N2CCc3ccccc3C2)nnc1-c1ccccc1. The van der Waals surface area contributed by atoms with E-state index in [1.807, 2.05) is 58.9 Å². The Bertz CT molecular complexity index is 1010. The molecule has 0 spiro atoms. The van der Waals surface area contributed by atoms with Crippen LogP contribution in [0, 0.1) is 0 Å². The van der Waals surface area contributed by atoms with Gasteiger partial charge in [-0.25, -0.2) is 0 Å². The summed E-state index contributed by atoms with van der Waals surface area (Å²) in [6.07, 6.45) is 2.73. The lowest BCUT2D eigenvalue weighted by Gasteiger charge is -2.30. The van der Waals surface area contributed by atoms with E-state index in [4.69, 9.17) is 0 Å². The van der Waals surface area contributed by atoms with Crippen molar-refractivity contribution in [1.82, 2.24) is 19.7 Å². The third-order valence-electron chi connectivity index (χ3n) is 5.13. The molecule has 0 N–H and O–H groups in total. The third kappa shape index (κ3) is 4.12. The Hall–Kier alpha value is -2.86. The number of carbonyl (C=O) groups is 1. The molecule has 1 amide bonds. The normalized spacial score (nSPS) is 14.3. The molecule has 3 aromatic rings. The minimum Gasteiger partial charge on any atom is -0.337 e. The quantitative estimate of drug-likeness (QED) is 0.456. The van der Waals surface area contributed by atoms with Gasteiger partial charge in [0, 0.05) is 25.2 Å². The summed E-state index contributed by atoms with van der Waals surface area (Å²) in [5.74, 6) is 0.929. The maximum absolute atomic E-state index is 13.1. The molecule has 1 aliphatic rings. The molecule has 0 saturated heterocycles. The Morgan fingerprint density at radius 2 is 1.86 bits per heavy atom. The van der Waals surface area contributed by atoms with Gasteiger partial charge < -0.3 is 4.90 Å². The Labute approximate surface area is 175 Å². The van der Waals surface area contributed by atoms with Crippen molar-refractivity contribution in [3.05, 3.63) is 78.4 Å². The molecule has 2 heterocycles. The number of allylic oxidation sites excluding steroid dienone is 1. The molecule has 1 aromatic heterocycles. The molecule has 5 nitrogen and oxygen atoms in total. The number of carbonyl (C=O) groups excluding carboxylic acids is 1. The second-order valence-corrected chi connectivity index (χ2v) is 8.42. The van der Waals surface area contributed by atoms with Gasteiger partial charge in [-0.15, -0.1) is 16.8 Å². The predicted molar refractivity (Wildman–Crippen MR) is 117 cm³/mol. The van der Waals surface area contributed by atoms with Crippen LogP contribution < -0.4 is 0 Å². The van der Waals surface area contributed by atoms with Crippen molar-refractivity contribution in [3.63, 3.8) is 0 Å². The summed E-state index contributed by atoms with van der Waals surface area (Å²) in [6, 6.07) is 18.3. The second kappa shape index (κ2) is 8.66. The van der Waals surface area contributed by atoms with Gasteiger partial charge in [0.1, 0.15) is 0 Å². The third-order valence-corrected chi connectivity index (χ3v) is 6.20. The standard InChI is InChI=1S/C23H24N4OS/c1-3-14-27-21(19-10-5-4-6-11-19)24-25-23(27)29-17(2)22(28)26-15-13-18-9-7-8-12-20(18)16-26/h3-12,17H,1,13-16H2,2H3. The molecule has 2 aromatic carbocycles. The van der Waals surface area contributed by atoms with Gasteiger partial charge >= 0.3 is 0 Å². The van der Waals surface area contributed by atoms with E-state index in [1.54, 1.807) is 0 Å². The molecule has 0 bridgehead atoms. The van der Waals surface area contributed by atoms with E-state index < -0.39 is 0 Å². The summed E-state index contributed by atoms with van der Waals surface area (Å²) >= 11 is 1.46. The molecule has 1 unspecified atom stereocenters. The summed E-state index contributed by atoms with van der Waals surface area (Å²) in [5, 5.41) is 9.25. The lowest BCUT2D eigenvalue weighted by Crippen LogP contribution is -2.40. The van der Waals surface area contributed by atoms with Gasteiger partial charge in [0.2, 0.25) is 5.91 Å². The highest BCUT2D eigenvalue weighted by molar-refractivity contribution is 8.00. The van der Waals surface area contributed by atoms with Crippen molar-refractivity contribution in [2.24, 2.45) is 0 Å². The number of nitrogens with zero attached hydrogens (tertiary/aromatic N) is 4. The van der Waals surface area contributed by atoms with E-state index in [2.05, 4.69) is 35.0 Å². The first-order valence-electron chi connectivity index (χ1n) is 9.79. The van der Waals surface area contributed by atoms with Gasteiger partial charge in [-0.1, -0.05) is 72.4 Å². The van der Waals surface area contributed by atoms with Crippen LogP contribution in [0.25, 0.3) is 11.4 Å². The molecule has 29 heavy (non-hydrogen) atoms. The van der Waals surface area contributed by atoms with Crippen LogP contribution in [0.4, 0.5) is 0 Å². The molecule has 0 saturated carbocycles. The van der Waals surface area contributed by atoms with Crippen LogP contribution in [0.2, 0.25) is 0 Å². The van der Waals surface area contributed by atoms with Gasteiger partial charge in [-0.2, -0.15) is 0 Å². The maximum Gasteiger partial charge on any atom is 0.236 e.